The fourth-order valence-corrected chi connectivity index (χ4v) is 2.50. The van der Waals surface area contributed by atoms with E-state index in [2.05, 4.69) is 85.8 Å². The van der Waals surface area contributed by atoms with Gasteiger partial charge in [0.05, 0.1) is 0 Å². The molecule has 21 heavy (non-hydrogen) atoms. The molecule has 2 nitrogen and oxygen atoms in total. The molecule has 0 radical (unpaired) electrons. The second-order valence-corrected chi connectivity index (χ2v) is 5.69. The number of rotatable bonds is 7. The Labute approximate surface area is 128 Å². The van der Waals surface area contributed by atoms with Crippen LogP contribution in [0.2, 0.25) is 0 Å². The van der Waals surface area contributed by atoms with Crippen LogP contribution >= 0.6 is 0 Å². The van der Waals surface area contributed by atoms with Gasteiger partial charge in [0.25, 0.3) is 0 Å². The molecule has 0 saturated heterocycles. The van der Waals surface area contributed by atoms with Crippen LogP contribution in [-0.2, 0) is 6.42 Å². The van der Waals surface area contributed by atoms with E-state index in [1.165, 1.54) is 16.8 Å². The molecular formula is C19H26N2. The fraction of sp³-hybridized carbons (Fsp3) is 0.368. The molecule has 1 unspecified atom stereocenters. The molecular weight excluding hydrogens is 256 g/mol. The molecule has 2 rings (SSSR count). The second kappa shape index (κ2) is 7.84. The molecule has 0 spiro atoms. The van der Waals surface area contributed by atoms with Crippen molar-refractivity contribution >= 4 is 5.69 Å². The van der Waals surface area contributed by atoms with Crippen LogP contribution in [-0.4, -0.2) is 20.6 Å². The van der Waals surface area contributed by atoms with Crippen molar-refractivity contribution in [2.75, 3.05) is 25.5 Å². The summed E-state index contributed by atoms with van der Waals surface area (Å²) in [6.07, 6.45) is 2.18. The van der Waals surface area contributed by atoms with Gasteiger partial charge in [-0.05, 0) is 42.6 Å². The minimum Gasteiger partial charge on any atom is -0.378 e. The summed E-state index contributed by atoms with van der Waals surface area (Å²) in [4.78, 5) is 2.16. The van der Waals surface area contributed by atoms with Gasteiger partial charge in [0.2, 0.25) is 0 Å². The maximum absolute atomic E-state index is 3.68. The Bertz CT molecular complexity index is 534. The van der Waals surface area contributed by atoms with Crippen LogP contribution < -0.4 is 10.2 Å². The van der Waals surface area contributed by atoms with Crippen molar-refractivity contribution in [3.8, 4) is 0 Å². The Morgan fingerprint density at radius 1 is 1.00 bits per heavy atom. The van der Waals surface area contributed by atoms with Crippen LogP contribution in [0.25, 0.3) is 0 Å². The quantitative estimate of drug-likeness (QED) is 0.824. The summed E-state index contributed by atoms with van der Waals surface area (Å²) in [6.45, 7) is 3.26. The van der Waals surface area contributed by atoms with Gasteiger partial charge in [-0.15, -0.1) is 0 Å². The summed E-state index contributed by atoms with van der Waals surface area (Å²) in [7, 11) is 4.18. The van der Waals surface area contributed by atoms with Crippen LogP contribution in [0, 0.1) is 0 Å². The minimum atomic E-state index is 0.368. The molecule has 0 heterocycles. The van der Waals surface area contributed by atoms with Gasteiger partial charge in [0, 0.05) is 25.8 Å². The van der Waals surface area contributed by atoms with Crippen LogP contribution in [0.3, 0.4) is 0 Å². The standard InChI is InChI=1S/C19H26N2/c1-4-13-20-19(14-16-9-6-5-7-10-16)17-11-8-12-18(15-17)21(2)3/h5-12,15,19-20H,4,13-14H2,1-3H3. The number of hydrogen-bond donors (Lipinski definition) is 1. The molecule has 0 aliphatic carbocycles. The van der Waals surface area contributed by atoms with Crippen molar-refractivity contribution in [2.24, 2.45) is 0 Å². The zero-order chi connectivity index (χ0) is 15.1. The van der Waals surface area contributed by atoms with Crippen molar-refractivity contribution in [3.63, 3.8) is 0 Å². The summed E-state index contributed by atoms with van der Waals surface area (Å²) in [6, 6.07) is 19.9. The maximum atomic E-state index is 3.68. The zero-order valence-corrected chi connectivity index (χ0v) is 13.3. The van der Waals surface area contributed by atoms with Crippen molar-refractivity contribution in [3.05, 3.63) is 65.7 Å². The van der Waals surface area contributed by atoms with E-state index in [0.29, 0.717) is 6.04 Å². The van der Waals surface area contributed by atoms with Gasteiger partial charge >= 0.3 is 0 Å². The summed E-state index contributed by atoms with van der Waals surface area (Å²) >= 11 is 0. The molecule has 112 valence electrons. The number of anilines is 1. The monoisotopic (exact) mass is 282 g/mol. The van der Waals surface area contributed by atoms with Crippen molar-refractivity contribution in [1.29, 1.82) is 0 Å². The lowest BCUT2D eigenvalue weighted by molar-refractivity contribution is 0.529. The molecule has 0 bridgehead atoms. The first-order valence-electron chi connectivity index (χ1n) is 7.75. The first-order chi connectivity index (χ1) is 10.2. The predicted molar refractivity (Wildman–Crippen MR) is 91.9 cm³/mol. The highest BCUT2D eigenvalue weighted by atomic mass is 15.1. The van der Waals surface area contributed by atoms with Gasteiger partial charge < -0.3 is 10.2 Å². The topological polar surface area (TPSA) is 15.3 Å². The van der Waals surface area contributed by atoms with E-state index in [-0.39, 0.29) is 0 Å². The highest BCUT2D eigenvalue weighted by Gasteiger charge is 2.12. The number of hydrogen-bond acceptors (Lipinski definition) is 2. The molecule has 2 aromatic rings. The van der Waals surface area contributed by atoms with E-state index < -0.39 is 0 Å². The molecule has 0 amide bonds. The molecule has 1 atom stereocenters. The normalized spacial score (nSPS) is 12.1. The van der Waals surface area contributed by atoms with E-state index in [9.17, 15) is 0 Å². The van der Waals surface area contributed by atoms with E-state index >= 15 is 0 Å². The Morgan fingerprint density at radius 2 is 1.76 bits per heavy atom. The third-order valence-corrected chi connectivity index (χ3v) is 3.71. The molecule has 2 aromatic carbocycles. The molecule has 0 fully saturated rings. The highest BCUT2D eigenvalue weighted by Crippen LogP contribution is 2.22. The van der Waals surface area contributed by atoms with Crippen LogP contribution in [0.4, 0.5) is 5.69 Å². The first kappa shape index (κ1) is 15.6. The maximum Gasteiger partial charge on any atom is 0.0364 e. The Kier molecular flexibility index (Phi) is 5.82. The lowest BCUT2D eigenvalue weighted by atomic mass is 9.98. The van der Waals surface area contributed by atoms with Gasteiger partial charge in [-0.3, -0.25) is 0 Å². The SMILES string of the molecule is CCCNC(Cc1ccccc1)c1cccc(N(C)C)c1. The fourth-order valence-electron chi connectivity index (χ4n) is 2.50. The van der Waals surface area contributed by atoms with Crippen LogP contribution in [0.15, 0.2) is 54.6 Å². The number of nitrogens with zero attached hydrogens (tertiary/aromatic N) is 1. The molecule has 0 aromatic heterocycles. The van der Waals surface area contributed by atoms with Gasteiger partial charge in [-0.1, -0.05) is 49.4 Å². The van der Waals surface area contributed by atoms with E-state index in [1.54, 1.807) is 0 Å². The average molecular weight is 282 g/mol. The molecule has 0 aliphatic rings. The average Bonchev–Trinajstić information content (AvgIpc) is 2.52. The summed E-state index contributed by atoms with van der Waals surface area (Å²) in [5, 5.41) is 3.68. The predicted octanol–water partition coefficient (Wildman–Crippen LogP) is 4.04. The molecule has 1 N–H and O–H groups in total. The Balaban J connectivity index is 2.20. The molecule has 0 aliphatic heterocycles. The Hall–Kier alpha value is -1.80. The zero-order valence-electron chi connectivity index (χ0n) is 13.3. The third kappa shape index (κ3) is 4.61. The van der Waals surface area contributed by atoms with Gasteiger partial charge in [-0.2, -0.15) is 0 Å². The van der Waals surface area contributed by atoms with Gasteiger partial charge in [-0.25, -0.2) is 0 Å². The van der Waals surface area contributed by atoms with Crippen molar-refractivity contribution in [1.82, 2.24) is 5.32 Å². The van der Waals surface area contributed by atoms with Crippen LogP contribution in [0.1, 0.15) is 30.5 Å². The number of benzene rings is 2. The third-order valence-electron chi connectivity index (χ3n) is 3.71. The van der Waals surface area contributed by atoms with E-state index in [0.717, 1.165) is 19.4 Å². The smallest absolute Gasteiger partial charge is 0.0364 e. The lowest BCUT2D eigenvalue weighted by Gasteiger charge is -2.21. The van der Waals surface area contributed by atoms with Crippen molar-refractivity contribution < 1.29 is 0 Å². The molecule has 0 saturated carbocycles. The second-order valence-electron chi connectivity index (χ2n) is 5.69. The molecule has 2 heteroatoms. The van der Waals surface area contributed by atoms with Crippen molar-refractivity contribution in [2.45, 2.75) is 25.8 Å². The van der Waals surface area contributed by atoms with Gasteiger partial charge in [0.1, 0.15) is 0 Å². The van der Waals surface area contributed by atoms with E-state index in [4.69, 9.17) is 0 Å². The summed E-state index contributed by atoms with van der Waals surface area (Å²) in [5.74, 6) is 0. The lowest BCUT2D eigenvalue weighted by Crippen LogP contribution is -2.24. The summed E-state index contributed by atoms with van der Waals surface area (Å²) in [5.41, 5.74) is 3.99. The number of nitrogens with one attached hydrogen (secondary N) is 1. The van der Waals surface area contributed by atoms with Gasteiger partial charge in [0.15, 0.2) is 0 Å². The summed E-state index contributed by atoms with van der Waals surface area (Å²) < 4.78 is 0. The highest BCUT2D eigenvalue weighted by molar-refractivity contribution is 5.48. The first-order valence-corrected chi connectivity index (χ1v) is 7.75. The minimum absolute atomic E-state index is 0.368. The Morgan fingerprint density at radius 3 is 2.43 bits per heavy atom. The van der Waals surface area contributed by atoms with Crippen LogP contribution in [0.5, 0.6) is 0 Å². The van der Waals surface area contributed by atoms with E-state index in [1.807, 2.05) is 0 Å². The largest absolute Gasteiger partial charge is 0.378 e.